The van der Waals surface area contributed by atoms with Crippen LogP contribution in [0.2, 0.25) is 0 Å². The van der Waals surface area contributed by atoms with E-state index in [0.717, 1.165) is 76.3 Å². The first-order valence-electron chi connectivity index (χ1n) is 10.7. The predicted molar refractivity (Wildman–Crippen MR) is 128 cm³/mol. The van der Waals surface area contributed by atoms with Gasteiger partial charge in [-0.1, -0.05) is 18.7 Å². The zero-order valence-electron chi connectivity index (χ0n) is 18.3. The van der Waals surface area contributed by atoms with E-state index in [9.17, 15) is 0 Å². The molecule has 1 fully saturated rings. The largest absolute Gasteiger partial charge is 0.367 e. The Morgan fingerprint density at radius 2 is 2.00 bits per heavy atom. The van der Waals surface area contributed by atoms with Crippen LogP contribution in [0.4, 0.5) is 5.69 Å². The van der Waals surface area contributed by atoms with Crippen molar-refractivity contribution in [3.8, 4) is 11.5 Å². The third-order valence-corrected chi connectivity index (χ3v) is 5.89. The maximum absolute atomic E-state index is 4.98. The van der Waals surface area contributed by atoms with E-state index in [2.05, 4.69) is 66.8 Å². The van der Waals surface area contributed by atoms with E-state index in [4.69, 9.17) is 4.98 Å². The lowest BCUT2D eigenvalue weighted by Gasteiger charge is -2.34. The quantitative estimate of drug-likeness (QED) is 0.517. The van der Waals surface area contributed by atoms with Crippen LogP contribution in [0.3, 0.4) is 0 Å². The van der Waals surface area contributed by atoms with Crippen molar-refractivity contribution in [3.05, 3.63) is 59.6 Å². The third kappa shape index (κ3) is 3.69. The lowest BCUT2D eigenvalue weighted by atomic mass is 10.1. The molecule has 5 rings (SSSR count). The van der Waals surface area contributed by atoms with Crippen LogP contribution in [0.25, 0.3) is 40.3 Å². The third-order valence-electron chi connectivity index (χ3n) is 5.89. The summed E-state index contributed by atoms with van der Waals surface area (Å²) in [5, 5.41) is 9.52. The number of aromatic nitrogens is 6. The van der Waals surface area contributed by atoms with Crippen molar-refractivity contribution in [3.63, 3.8) is 0 Å². The zero-order valence-corrected chi connectivity index (χ0v) is 18.3. The molecule has 0 atom stereocenters. The average molecular weight is 427 g/mol. The average Bonchev–Trinajstić information content (AvgIpc) is 3.43. The van der Waals surface area contributed by atoms with E-state index < -0.39 is 0 Å². The second-order valence-corrected chi connectivity index (χ2v) is 8.00. The Balaban J connectivity index is 1.60. The molecule has 0 amide bonds. The Hall–Kier alpha value is -3.78. The predicted octanol–water partition coefficient (Wildman–Crippen LogP) is 1.79. The zero-order chi connectivity index (χ0) is 22.1. The van der Waals surface area contributed by atoms with Gasteiger partial charge in [-0.3, -0.25) is 15.1 Å². The van der Waals surface area contributed by atoms with Crippen LogP contribution >= 0.6 is 0 Å². The smallest absolute Gasteiger partial charge is 0.159 e. The van der Waals surface area contributed by atoms with Gasteiger partial charge in [-0.15, -0.1) is 0 Å². The topological polar surface area (TPSA) is 89.6 Å². The number of fused-ring (bicyclic) bond motifs is 1. The molecule has 4 heterocycles. The Kier molecular flexibility index (Phi) is 5.28. The van der Waals surface area contributed by atoms with Gasteiger partial charge in [0.1, 0.15) is 11.2 Å². The molecule has 8 nitrogen and oxygen atoms in total. The van der Waals surface area contributed by atoms with E-state index in [0.29, 0.717) is 0 Å². The van der Waals surface area contributed by atoms with Crippen molar-refractivity contribution in [1.82, 2.24) is 35.0 Å². The van der Waals surface area contributed by atoms with Gasteiger partial charge in [-0.25, -0.2) is 4.98 Å². The summed E-state index contributed by atoms with van der Waals surface area (Å²) in [4.78, 5) is 21.7. The number of benzene rings is 1. The van der Waals surface area contributed by atoms with Gasteiger partial charge in [0.2, 0.25) is 0 Å². The number of imidazole rings is 1. The fourth-order valence-electron chi connectivity index (χ4n) is 4.06. The van der Waals surface area contributed by atoms with Crippen LogP contribution in [-0.2, 0) is 0 Å². The molecule has 1 aliphatic heterocycles. The summed E-state index contributed by atoms with van der Waals surface area (Å²) < 4.78 is 0. The highest BCUT2D eigenvalue weighted by atomic mass is 15.3. The number of rotatable bonds is 4. The van der Waals surface area contributed by atoms with E-state index in [-0.39, 0.29) is 0 Å². The Bertz CT molecular complexity index is 1370. The normalized spacial score (nSPS) is 16.2. The van der Waals surface area contributed by atoms with Gasteiger partial charge >= 0.3 is 0 Å². The number of piperazine rings is 1. The monoisotopic (exact) mass is 426 g/mol. The summed E-state index contributed by atoms with van der Waals surface area (Å²) in [6.07, 6.45) is 8.99. The molecule has 1 aliphatic rings. The van der Waals surface area contributed by atoms with Crippen LogP contribution in [0.5, 0.6) is 0 Å². The molecule has 0 radical (unpaired) electrons. The fraction of sp³-hybridized carbons (Fsp3) is 0.250. The van der Waals surface area contributed by atoms with Gasteiger partial charge in [0.15, 0.2) is 5.82 Å². The summed E-state index contributed by atoms with van der Waals surface area (Å²) in [5.74, 6) is 0.726. The standard InChI is InChI=1S/C24H26N8/c1-4-18-17(14-16(2)20-15-25-8-9-26-20)22(30-29-18)24-27-19-6-5-7-21(23(19)28-24)32-12-10-31(3)11-13-32/h4-9,14-15,29H,2,10-13H2,1,3H3,(H,27,28)/b17-14+,18-4+. The van der Waals surface area contributed by atoms with Gasteiger partial charge in [0, 0.05) is 43.8 Å². The molecule has 1 aromatic carbocycles. The number of para-hydroxylation sites is 1. The summed E-state index contributed by atoms with van der Waals surface area (Å²) in [6.45, 7) is 10.2. The molecule has 2 N–H and O–H groups in total. The molecule has 32 heavy (non-hydrogen) atoms. The molecule has 3 aromatic heterocycles. The minimum absolute atomic E-state index is 0.726. The first-order valence-corrected chi connectivity index (χ1v) is 10.7. The van der Waals surface area contributed by atoms with Crippen molar-refractivity contribution >= 4 is 34.4 Å². The van der Waals surface area contributed by atoms with Gasteiger partial charge in [0.25, 0.3) is 0 Å². The first kappa shape index (κ1) is 20.1. The number of allylic oxidation sites excluding steroid dienone is 1. The molecule has 0 bridgehead atoms. The highest BCUT2D eigenvalue weighted by Crippen LogP contribution is 2.27. The van der Waals surface area contributed by atoms with E-state index >= 15 is 0 Å². The maximum Gasteiger partial charge on any atom is 0.159 e. The lowest BCUT2D eigenvalue weighted by Crippen LogP contribution is -2.44. The molecule has 0 unspecified atom stereocenters. The van der Waals surface area contributed by atoms with Crippen LogP contribution in [0.15, 0.2) is 43.4 Å². The number of nitrogens with zero attached hydrogens (tertiary/aromatic N) is 6. The van der Waals surface area contributed by atoms with Crippen molar-refractivity contribution in [2.75, 3.05) is 38.1 Å². The number of hydrogen-bond donors (Lipinski definition) is 2. The Morgan fingerprint density at radius 1 is 1.16 bits per heavy atom. The van der Waals surface area contributed by atoms with Crippen molar-refractivity contribution in [2.24, 2.45) is 0 Å². The highest BCUT2D eigenvalue weighted by Gasteiger charge is 2.19. The Labute approximate surface area is 186 Å². The summed E-state index contributed by atoms with van der Waals surface area (Å²) in [6, 6.07) is 6.29. The van der Waals surface area contributed by atoms with Crippen LogP contribution in [0, 0.1) is 0 Å². The molecule has 162 valence electrons. The van der Waals surface area contributed by atoms with Gasteiger partial charge in [-0.2, -0.15) is 5.10 Å². The highest BCUT2D eigenvalue weighted by molar-refractivity contribution is 5.91. The van der Waals surface area contributed by atoms with Crippen LogP contribution in [-0.4, -0.2) is 68.3 Å². The molecule has 0 spiro atoms. The number of likely N-dealkylation sites (N-methyl/N-ethyl adjacent to an activating group) is 1. The Morgan fingerprint density at radius 3 is 2.75 bits per heavy atom. The molecular weight excluding hydrogens is 400 g/mol. The van der Waals surface area contributed by atoms with Crippen LogP contribution in [0.1, 0.15) is 12.6 Å². The number of hydrogen-bond acceptors (Lipinski definition) is 6. The summed E-state index contributed by atoms with van der Waals surface area (Å²) >= 11 is 0. The molecule has 0 aliphatic carbocycles. The fourth-order valence-corrected chi connectivity index (χ4v) is 4.06. The molecule has 4 aromatic rings. The van der Waals surface area contributed by atoms with Gasteiger partial charge in [-0.05, 0) is 37.8 Å². The van der Waals surface area contributed by atoms with Crippen molar-refractivity contribution in [2.45, 2.75) is 6.92 Å². The van der Waals surface area contributed by atoms with Gasteiger partial charge in [0.05, 0.1) is 28.4 Å². The SMILES string of the molecule is C=C(/C=c1/c(-c2nc3c(N4CCN(C)CC4)cccc3[nH]2)n[nH]/c1=C/C)c1cnccn1. The first-order chi connectivity index (χ1) is 15.6. The number of anilines is 1. The molecule has 8 heteroatoms. The van der Waals surface area contributed by atoms with Crippen molar-refractivity contribution in [1.29, 1.82) is 0 Å². The van der Waals surface area contributed by atoms with E-state index in [1.165, 1.54) is 0 Å². The lowest BCUT2D eigenvalue weighted by molar-refractivity contribution is 0.313. The second kappa shape index (κ2) is 8.39. The number of nitrogens with one attached hydrogen (secondary N) is 2. The molecule has 0 saturated carbocycles. The maximum atomic E-state index is 4.98. The van der Waals surface area contributed by atoms with Crippen LogP contribution < -0.4 is 15.5 Å². The number of aromatic amines is 2. The van der Waals surface area contributed by atoms with Crippen molar-refractivity contribution < 1.29 is 0 Å². The second-order valence-electron chi connectivity index (χ2n) is 8.00. The number of H-pyrrole nitrogens is 2. The summed E-state index contributed by atoms with van der Waals surface area (Å²) in [5.41, 5.74) is 5.37. The molecule has 1 saturated heterocycles. The minimum Gasteiger partial charge on any atom is -0.367 e. The van der Waals surface area contributed by atoms with E-state index in [1.54, 1.807) is 18.6 Å². The molecular formula is C24H26N8. The summed E-state index contributed by atoms with van der Waals surface area (Å²) in [7, 11) is 2.16. The van der Waals surface area contributed by atoms with Gasteiger partial charge < -0.3 is 14.8 Å². The minimum atomic E-state index is 0.726. The van der Waals surface area contributed by atoms with E-state index in [1.807, 2.05) is 19.1 Å².